The number of allylic oxidation sites excluding steroid dienone is 2. The van der Waals surface area contributed by atoms with Crippen molar-refractivity contribution in [3.05, 3.63) is 126 Å². The lowest BCUT2D eigenvalue weighted by Crippen LogP contribution is -1.88. The van der Waals surface area contributed by atoms with E-state index in [4.69, 9.17) is 9.97 Å². The fourth-order valence-corrected chi connectivity index (χ4v) is 5.74. The van der Waals surface area contributed by atoms with Crippen molar-refractivity contribution < 1.29 is 0 Å². The van der Waals surface area contributed by atoms with Crippen LogP contribution in [0.3, 0.4) is 0 Å². The maximum Gasteiger partial charge on any atom is 0.0708 e. The minimum atomic E-state index is 0.963. The van der Waals surface area contributed by atoms with Crippen molar-refractivity contribution in [3.63, 3.8) is 0 Å². The summed E-state index contributed by atoms with van der Waals surface area (Å²) in [7, 11) is 0. The molecule has 0 fully saturated rings. The van der Waals surface area contributed by atoms with Crippen LogP contribution in [-0.2, 0) is 0 Å². The molecule has 6 aromatic rings. The molecule has 0 amide bonds. The standard InChI is InChI=1S/C34H26N2S/c1-4-5-6-30-23(3)37-34-16-14-27(18-31(30)34)32-15-13-28(20-35-32)29-17-26-12-11-25(19-33(26)36-21-29)24-9-7-22(2)8-10-24/h4-21H,1H2,2-3H3/b6-5-. The van der Waals surface area contributed by atoms with Crippen LogP contribution < -0.4 is 0 Å². The summed E-state index contributed by atoms with van der Waals surface area (Å²) in [5.74, 6) is 0. The smallest absolute Gasteiger partial charge is 0.0708 e. The molecule has 3 aromatic heterocycles. The van der Waals surface area contributed by atoms with Crippen molar-refractivity contribution in [2.75, 3.05) is 0 Å². The topological polar surface area (TPSA) is 25.8 Å². The highest BCUT2D eigenvalue weighted by Crippen LogP contribution is 2.35. The van der Waals surface area contributed by atoms with Crippen molar-refractivity contribution in [2.45, 2.75) is 13.8 Å². The van der Waals surface area contributed by atoms with Crippen LogP contribution in [0.5, 0.6) is 0 Å². The highest BCUT2D eigenvalue weighted by atomic mass is 32.1. The third-order valence-corrected chi connectivity index (χ3v) is 7.87. The summed E-state index contributed by atoms with van der Waals surface area (Å²) in [6.45, 7) is 8.08. The summed E-state index contributed by atoms with van der Waals surface area (Å²) in [4.78, 5) is 10.9. The van der Waals surface area contributed by atoms with E-state index in [-0.39, 0.29) is 0 Å². The van der Waals surface area contributed by atoms with Gasteiger partial charge in [0.15, 0.2) is 0 Å². The van der Waals surface area contributed by atoms with E-state index in [9.17, 15) is 0 Å². The number of hydrogen-bond acceptors (Lipinski definition) is 3. The minimum absolute atomic E-state index is 0.963. The fourth-order valence-electron chi connectivity index (χ4n) is 4.71. The highest BCUT2D eigenvalue weighted by Gasteiger charge is 2.10. The summed E-state index contributed by atoms with van der Waals surface area (Å²) >= 11 is 1.82. The molecule has 0 radical (unpaired) electrons. The molecule has 2 nitrogen and oxygen atoms in total. The van der Waals surface area contributed by atoms with Crippen molar-refractivity contribution in [1.82, 2.24) is 9.97 Å². The summed E-state index contributed by atoms with van der Waals surface area (Å²) in [5, 5.41) is 2.38. The molecular weight excluding hydrogens is 468 g/mol. The molecule has 0 aliphatic carbocycles. The first-order chi connectivity index (χ1) is 18.1. The van der Waals surface area contributed by atoms with Crippen LogP contribution >= 0.6 is 11.3 Å². The molecule has 37 heavy (non-hydrogen) atoms. The number of nitrogens with zero attached hydrogens (tertiary/aromatic N) is 2. The first kappa shape index (κ1) is 23.1. The van der Waals surface area contributed by atoms with Gasteiger partial charge in [-0.3, -0.25) is 9.97 Å². The Kier molecular flexibility index (Phi) is 5.99. The number of rotatable bonds is 5. The van der Waals surface area contributed by atoms with Crippen LogP contribution in [0.2, 0.25) is 0 Å². The Balaban J connectivity index is 1.30. The Morgan fingerprint density at radius 3 is 2.24 bits per heavy atom. The SMILES string of the molecule is C=C/C=C\c1c(C)sc2ccc(-c3ccc(-c4cnc5cc(-c6ccc(C)cc6)ccc5c4)cn3)cc12. The maximum absolute atomic E-state index is 4.81. The molecule has 0 spiro atoms. The number of thiophene rings is 1. The molecule has 0 aliphatic heterocycles. The Morgan fingerprint density at radius 1 is 0.703 bits per heavy atom. The Morgan fingerprint density at radius 2 is 1.46 bits per heavy atom. The van der Waals surface area contributed by atoms with Crippen LogP contribution in [0.25, 0.3) is 60.6 Å². The average molecular weight is 495 g/mol. The number of hydrogen-bond donors (Lipinski definition) is 0. The van der Waals surface area contributed by atoms with Crippen LogP contribution in [0.15, 0.2) is 110 Å². The highest BCUT2D eigenvalue weighted by molar-refractivity contribution is 7.19. The summed E-state index contributed by atoms with van der Waals surface area (Å²) in [6.07, 6.45) is 9.83. The monoisotopic (exact) mass is 494 g/mol. The van der Waals surface area contributed by atoms with E-state index in [0.29, 0.717) is 0 Å². The van der Waals surface area contributed by atoms with E-state index < -0.39 is 0 Å². The van der Waals surface area contributed by atoms with Gasteiger partial charge in [0, 0.05) is 49.4 Å². The van der Waals surface area contributed by atoms with Crippen molar-refractivity contribution in [1.29, 1.82) is 0 Å². The number of aryl methyl sites for hydroxylation is 2. The Labute approximate surface area is 221 Å². The van der Waals surface area contributed by atoms with Gasteiger partial charge in [-0.2, -0.15) is 0 Å². The van der Waals surface area contributed by atoms with Crippen molar-refractivity contribution in [3.8, 4) is 33.5 Å². The lowest BCUT2D eigenvalue weighted by atomic mass is 10.0. The summed E-state index contributed by atoms with van der Waals surface area (Å²) < 4.78 is 1.29. The van der Waals surface area contributed by atoms with Crippen LogP contribution in [0, 0.1) is 13.8 Å². The van der Waals surface area contributed by atoms with E-state index in [2.05, 4.69) is 105 Å². The van der Waals surface area contributed by atoms with E-state index in [0.717, 1.165) is 33.3 Å². The molecule has 178 valence electrons. The molecule has 0 atom stereocenters. The number of aromatic nitrogens is 2. The Bertz CT molecular complexity index is 1790. The predicted molar refractivity (Wildman–Crippen MR) is 160 cm³/mol. The minimum Gasteiger partial charge on any atom is -0.256 e. The van der Waals surface area contributed by atoms with Crippen LogP contribution in [0.4, 0.5) is 0 Å². The van der Waals surface area contributed by atoms with Gasteiger partial charge in [0.25, 0.3) is 0 Å². The second kappa shape index (κ2) is 9.61. The number of pyridine rings is 2. The van der Waals surface area contributed by atoms with Gasteiger partial charge >= 0.3 is 0 Å². The number of benzene rings is 3. The zero-order chi connectivity index (χ0) is 25.4. The van der Waals surface area contributed by atoms with E-state index in [1.54, 1.807) is 0 Å². The van der Waals surface area contributed by atoms with Crippen molar-refractivity contribution >= 4 is 38.4 Å². The molecular formula is C34H26N2S. The first-order valence-corrected chi connectivity index (χ1v) is 13.2. The molecule has 3 heterocycles. The Hall–Kier alpha value is -4.34. The van der Waals surface area contributed by atoms with E-state index >= 15 is 0 Å². The molecule has 0 bridgehead atoms. The van der Waals surface area contributed by atoms with Gasteiger partial charge in [0.05, 0.1) is 11.2 Å². The molecule has 0 unspecified atom stereocenters. The van der Waals surface area contributed by atoms with Gasteiger partial charge in [-0.1, -0.05) is 78.9 Å². The molecule has 3 heteroatoms. The summed E-state index contributed by atoms with van der Waals surface area (Å²) in [6, 6.07) is 28.1. The maximum atomic E-state index is 4.81. The molecule has 0 N–H and O–H groups in total. The van der Waals surface area contributed by atoms with Crippen LogP contribution in [-0.4, -0.2) is 9.97 Å². The number of fused-ring (bicyclic) bond motifs is 2. The quantitative estimate of drug-likeness (QED) is 0.223. The van der Waals surface area contributed by atoms with Gasteiger partial charge in [0.1, 0.15) is 0 Å². The van der Waals surface area contributed by atoms with Gasteiger partial charge in [-0.25, -0.2) is 0 Å². The molecule has 0 saturated heterocycles. The summed E-state index contributed by atoms with van der Waals surface area (Å²) in [5.41, 5.74) is 10.1. The third-order valence-electron chi connectivity index (χ3n) is 6.77. The van der Waals surface area contributed by atoms with E-state index in [1.807, 2.05) is 35.9 Å². The van der Waals surface area contributed by atoms with Gasteiger partial charge in [0.2, 0.25) is 0 Å². The predicted octanol–water partition coefficient (Wildman–Crippen LogP) is 9.66. The normalized spacial score (nSPS) is 11.5. The molecule has 6 rings (SSSR count). The van der Waals surface area contributed by atoms with Crippen molar-refractivity contribution in [2.24, 2.45) is 0 Å². The lowest BCUT2D eigenvalue weighted by molar-refractivity contribution is 1.32. The second-order valence-corrected chi connectivity index (χ2v) is 10.6. The average Bonchev–Trinajstić information content (AvgIpc) is 3.25. The zero-order valence-electron chi connectivity index (χ0n) is 20.9. The largest absolute Gasteiger partial charge is 0.256 e. The lowest BCUT2D eigenvalue weighted by Gasteiger charge is -2.08. The third kappa shape index (κ3) is 4.50. The van der Waals surface area contributed by atoms with Gasteiger partial charge in [-0.05, 0) is 60.9 Å². The van der Waals surface area contributed by atoms with Crippen LogP contribution in [0.1, 0.15) is 16.0 Å². The van der Waals surface area contributed by atoms with Gasteiger partial charge in [-0.15, -0.1) is 11.3 Å². The second-order valence-electron chi connectivity index (χ2n) is 9.31. The van der Waals surface area contributed by atoms with E-state index in [1.165, 1.54) is 37.2 Å². The molecule has 0 saturated carbocycles. The zero-order valence-corrected chi connectivity index (χ0v) is 21.7. The molecule has 0 aliphatic rings. The molecule has 3 aromatic carbocycles. The fraction of sp³-hybridized carbons (Fsp3) is 0.0588. The van der Waals surface area contributed by atoms with Gasteiger partial charge < -0.3 is 0 Å². The first-order valence-electron chi connectivity index (χ1n) is 12.3.